The topological polar surface area (TPSA) is 15.6 Å². The summed E-state index contributed by atoms with van der Waals surface area (Å²) in [5, 5.41) is 6.39. The minimum absolute atomic E-state index is 0.189. The lowest BCUT2D eigenvalue weighted by atomic mass is 9.98. The fourth-order valence-corrected chi connectivity index (χ4v) is 3.40. The first-order valence-electron chi connectivity index (χ1n) is 8.24. The van der Waals surface area contributed by atoms with Crippen LogP contribution in [0.15, 0.2) is 82.4 Å². The van der Waals surface area contributed by atoms with Gasteiger partial charge in [0.25, 0.3) is 0 Å². The molecule has 0 N–H and O–H groups in total. The second-order valence-corrected chi connectivity index (χ2v) is 7.04. The van der Waals surface area contributed by atoms with Crippen molar-refractivity contribution in [3.63, 3.8) is 0 Å². The lowest BCUT2D eigenvalue weighted by Crippen LogP contribution is -2.19. The van der Waals surface area contributed by atoms with E-state index in [9.17, 15) is 8.78 Å². The van der Waals surface area contributed by atoms with E-state index in [2.05, 4.69) is 15.9 Å². The standard InChI is InChI=1S/C21H15BrF2N2/c22-16-9-5-14(6-10-16)19-13-21(15-7-11-17(23)12-8-15)26(25-19)20-4-2-1-3-18(20)24/h1-12,21H,13H2/t21-/m0/s1. The van der Waals surface area contributed by atoms with E-state index in [-0.39, 0.29) is 17.7 Å². The molecule has 1 aliphatic heterocycles. The molecule has 0 bridgehead atoms. The lowest BCUT2D eigenvalue weighted by molar-refractivity contribution is 0.603. The Balaban J connectivity index is 1.77. The summed E-state index contributed by atoms with van der Waals surface area (Å²) in [6.07, 6.45) is 0.613. The van der Waals surface area contributed by atoms with Crippen LogP contribution in [0.3, 0.4) is 0 Å². The van der Waals surface area contributed by atoms with Gasteiger partial charge in [-0.15, -0.1) is 0 Å². The normalized spacial score (nSPS) is 16.7. The molecule has 26 heavy (non-hydrogen) atoms. The summed E-state index contributed by atoms with van der Waals surface area (Å²) in [5.41, 5.74) is 3.16. The van der Waals surface area contributed by atoms with E-state index >= 15 is 0 Å². The predicted octanol–water partition coefficient (Wildman–Crippen LogP) is 6.08. The van der Waals surface area contributed by atoms with Gasteiger partial charge < -0.3 is 0 Å². The van der Waals surface area contributed by atoms with Gasteiger partial charge in [0.05, 0.1) is 17.4 Å². The second-order valence-electron chi connectivity index (χ2n) is 6.12. The van der Waals surface area contributed by atoms with Gasteiger partial charge in [-0.1, -0.05) is 52.3 Å². The van der Waals surface area contributed by atoms with E-state index in [1.54, 1.807) is 35.3 Å². The SMILES string of the molecule is Fc1ccc([C@@H]2CC(c3ccc(Br)cc3)=NN2c2ccccc2F)cc1. The zero-order chi connectivity index (χ0) is 18.1. The number of hydrogen-bond donors (Lipinski definition) is 0. The first-order valence-corrected chi connectivity index (χ1v) is 9.04. The first-order chi connectivity index (χ1) is 12.6. The Bertz CT molecular complexity index is 953. The van der Waals surface area contributed by atoms with Gasteiger partial charge in [-0.3, -0.25) is 5.01 Å². The van der Waals surface area contributed by atoms with Crippen molar-refractivity contribution < 1.29 is 8.78 Å². The maximum atomic E-state index is 14.4. The summed E-state index contributed by atoms with van der Waals surface area (Å²) in [7, 11) is 0. The molecule has 1 heterocycles. The van der Waals surface area contributed by atoms with Crippen LogP contribution in [0, 0.1) is 11.6 Å². The highest BCUT2D eigenvalue weighted by molar-refractivity contribution is 9.10. The minimum atomic E-state index is -0.333. The maximum Gasteiger partial charge on any atom is 0.148 e. The molecule has 0 amide bonds. The highest BCUT2D eigenvalue weighted by Crippen LogP contribution is 2.37. The second kappa shape index (κ2) is 7.00. The molecule has 0 spiro atoms. The maximum absolute atomic E-state index is 14.4. The molecule has 4 rings (SSSR count). The van der Waals surface area contributed by atoms with E-state index in [0.29, 0.717) is 12.1 Å². The first kappa shape index (κ1) is 16.9. The van der Waals surface area contributed by atoms with Crippen LogP contribution in [0.1, 0.15) is 23.6 Å². The number of rotatable bonds is 3. The molecule has 0 radical (unpaired) electrons. The predicted molar refractivity (Wildman–Crippen MR) is 103 cm³/mol. The summed E-state index contributed by atoms with van der Waals surface area (Å²) in [6.45, 7) is 0. The average molecular weight is 413 g/mol. The number of nitrogens with zero attached hydrogens (tertiary/aromatic N) is 2. The average Bonchev–Trinajstić information content (AvgIpc) is 3.08. The van der Waals surface area contributed by atoms with E-state index in [4.69, 9.17) is 5.10 Å². The summed E-state index contributed by atoms with van der Waals surface area (Å²) in [5.74, 6) is -0.626. The third-order valence-electron chi connectivity index (χ3n) is 4.44. The van der Waals surface area contributed by atoms with Crippen molar-refractivity contribution in [2.24, 2.45) is 5.10 Å². The fraction of sp³-hybridized carbons (Fsp3) is 0.0952. The molecule has 0 saturated heterocycles. The highest BCUT2D eigenvalue weighted by Gasteiger charge is 2.31. The van der Waals surface area contributed by atoms with Gasteiger partial charge in [-0.05, 0) is 47.5 Å². The number of benzene rings is 3. The van der Waals surface area contributed by atoms with Crippen LogP contribution in [-0.2, 0) is 0 Å². The van der Waals surface area contributed by atoms with E-state index in [0.717, 1.165) is 21.3 Å². The van der Waals surface area contributed by atoms with Crippen LogP contribution in [-0.4, -0.2) is 5.71 Å². The number of anilines is 1. The van der Waals surface area contributed by atoms with E-state index < -0.39 is 0 Å². The molecule has 0 unspecified atom stereocenters. The van der Waals surface area contributed by atoms with Crippen molar-refractivity contribution in [1.29, 1.82) is 0 Å². The molecule has 0 fully saturated rings. The molecule has 1 aliphatic rings. The number of hydrazone groups is 1. The van der Waals surface area contributed by atoms with Crippen molar-refractivity contribution in [2.45, 2.75) is 12.5 Å². The Hall–Kier alpha value is -2.53. The number of halogens is 3. The minimum Gasteiger partial charge on any atom is -0.254 e. The molecule has 0 aromatic heterocycles. The molecule has 1 atom stereocenters. The number of para-hydroxylation sites is 1. The monoisotopic (exact) mass is 412 g/mol. The van der Waals surface area contributed by atoms with Crippen molar-refractivity contribution in [3.8, 4) is 0 Å². The molecule has 3 aromatic carbocycles. The summed E-state index contributed by atoms with van der Waals surface area (Å²) in [6, 6.07) is 20.6. The molecular formula is C21H15BrF2N2. The molecule has 130 valence electrons. The van der Waals surface area contributed by atoms with E-state index in [1.807, 2.05) is 24.3 Å². The van der Waals surface area contributed by atoms with Crippen LogP contribution in [0.2, 0.25) is 0 Å². The smallest absolute Gasteiger partial charge is 0.148 e. The molecule has 5 heteroatoms. The Kier molecular flexibility index (Phi) is 4.55. The highest BCUT2D eigenvalue weighted by atomic mass is 79.9. The Morgan fingerprint density at radius 3 is 2.27 bits per heavy atom. The largest absolute Gasteiger partial charge is 0.254 e. The van der Waals surface area contributed by atoms with Crippen LogP contribution in [0.5, 0.6) is 0 Å². The quantitative estimate of drug-likeness (QED) is 0.508. The van der Waals surface area contributed by atoms with Gasteiger partial charge in [0, 0.05) is 10.9 Å². The zero-order valence-corrected chi connectivity index (χ0v) is 15.3. The lowest BCUT2D eigenvalue weighted by Gasteiger charge is -2.24. The summed E-state index contributed by atoms with van der Waals surface area (Å²) in [4.78, 5) is 0. The molecule has 2 nitrogen and oxygen atoms in total. The van der Waals surface area contributed by atoms with Gasteiger partial charge in [0.15, 0.2) is 0 Å². The summed E-state index contributed by atoms with van der Waals surface area (Å²) < 4.78 is 28.7. The third-order valence-corrected chi connectivity index (χ3v) is 4.97. The zero-order valence-electron chi connectivity index (χ0n) is 13.7. The molecular weight excluding hydrogens is 398 g/mol. The molecule has 0 aliphatic carbocycles. The van der Waals surface area contributed by atoms with E-state index in [1.165, 1.54) is 18.2 Å². The van der Waals surface area contributed by atoms with Gasteiger partial charge in [-0.25, -0.2) is 8.78 Å². The Morgan fingerprint density at radius 1 is 0.885 bits per heavy atom. The van der Waals surface area contributed by atoms with Crippen molar-refractivity contribution in [1.82, 2.24) is 0 Å². The third kappa shape index (κ3) is 3.27. The van der Waals surface area contributed by atoms with Crippen LogP contribution in [0.25, 0.3) is 0 Å². The summed E-state index contributed by atoms with van der Waals surface area (Å²) >= 11 is 3.43. The van der Waals surface area contributed by atoms with Crippen LogP contribution >= 0.6 is 15.9 Å². The number of hydrogen-bond acceptors (Lipinski definition) is 2. The van der Waals surface area contributed by atoms with Crippen molar-refractivity contribution in [3.05, 3.63) is 100 Å². The Morgan fingerprint density at radius 2 is 1.58 bits per heavy atom. The van der Waals surface area contributed by atoms with Crippen LogP contribution < -0.4 is 5.01 Å². The van der Waals surface area contributed by atoms with Crippen LogP contribution in [0.4, 0.5) is 14.5 Å². The van der Waals surface area contributed by atoms with Gasteiger partial charge in [0.1, 0.15) is 11.6 Å². The Labute approximate surface area is 158 Å². The fourth-order valence-electron chi connectivity index (χ4n) is 3.13. The van der Waals surface area contributed by atoms with Crippen molar-refractivity contribution in [2.75, 3.05) is 5.01 Å². The molecule has 0 saturated carbocycles. The molecule has 3 aromatic rings. The van der Waals surface area contributed by atoms with Crippen molar-refractivity contribution >= 4 is 27.3 Å². The van der Waals surface area contributed by atoms with Gasteiger partial charge in [-0.2, -0.15) is 5.10 Å². The van der Waals surface area contributed by atoms with Gasteiger partial charge >= 0.3 is 0 Å². The van der Waals surface area contributed by atoms with Gasteiger partial charge in [0.2, 0.25) is 0 Å².